The standard InChI is InChI=1S/C48H34NO2PSi/c50-52(45-23-11-13-25-47(45)53(39-15-3-1-4-16-39,40-17-5-2-6-18-40)48-26-14-12-24-46(48)52)38-33-29-36(30-34-38)35-27-31-37(32-28-35)49-41-19-7-9-21-43(41)51-44-22-10-8-20-42(44)49/h1-34H. The summed E-state index contributed by atoms with van der Waals surface area (Å²) in [5.74, 6) is 1.66. The lowest BCUT2D eigenvalue weighted by atomic mass is 10.0. The lowest BCUT2D eigenvalue weighted by Crippen LogP contribution is -2.81. The van der Waals surface area contributed by atoms with Crippen molar-refractivity contribution in [1.29, 1.82) is 0 Å². The molecule has 5 heteroatoms. The molecule has 252 valence electrons. The van der Waals surface area contributed by atoms with E-state index in [0.717, 1.165) is 55.6 Å². The Bertz CT molecular complexity index is 2540. The smallest absolute Gasteiger partial charge is 0.181 e. The van der Waals surface area contributed by atoms with Crippen molar-refractivity contribution in [3.05, 3.63) is 206 Å². The van der Waals surface area contributed by atoms with Gasteiger partial charge in [0.25, 0.3) is 0 Å². The van der Waals surface area contributed by atoms with E-state index < -0.39 is 15.2 Å². The van der Waals surface area contributed by atoms with E-state index in [1.165, 1.54) is 20.7 Å². The molecule has 10 rings (SSSR count). The lowest BCUT2D eigenvalue weighted by molar-refractivity contribution is 0.477. The van der Waals surface area contributed by atoms with Gasteiger partial charge < -0.3 is 14.2 Å². The van der Waals surface area contributed by atoms with Gasteiger partial charge in [0.05, 0.1) is 11.4 Å². The van der Waals surface area contributed by atoms with Crippen LogP contribution in [0.1, 0.15) is 0 Å². The van der Waals surface area contributed by atoms with Crippen LogP contribution < -0.4 is 46.3 Å². The zero-order valence-corrected chi connectivity index (χ0v) is 30.7. The highest BCUT2D eigenvalue weighted by atomic mass is 31.2. The van der Waals surface area contributed by atoms with Gasteiger partial charge in [-0.1, -0.05) is 170 Å². The number of benzene rings is 8. The maximum absolute atomic E-state index is 16.1. The van der Waals surface area contributed by atoms with E-state index in [9.17, 15) is 0 Å². The predicted octanol–water partition coefficient (Wildman–Crippen LogP) is 8.26. The molecule has 0 aliphatic carbocycles. The van der Waals surface area contributed by atoms with Crippen LogP contribution in [0.3, 0.4) is 0 Å². The molecule has 0 amide bonds. The molecule has 0 unspecified atom stereocenters. The lowest BCUT2D eigenvalue weighted by Gasteiger charge is -2.43. The van der Waals surface area contributed by atoms with Crippen LogP contribution in [0.5, 0.6) is 11.5 Å². The van der Waals surface area contributed by atoms with Crippen molar-refractivity contribution < 1.29 is 9.30 Å². The van der Waals surface area contributed by atoms with Gasteiger partial charge in [0.2, 0.25) is 0 Å². The summed E-state index contributed by atoms with van der Waals surface area (Å²) in [6.07, 6.45) is 0. The van der Waals surface area contributed by atoms with E-state index in [1.807, 2.05) is 36.4 Å². The van der Waals surface area contributed by atoms with Crippen LogP contribution >= 0.6 is 7.14 Å². The fraction of sp³-hybridized carbons (Fsp3) is 0. The van der Waals surface area contributed by atoms with E-state index in [0.29, 0.717) is 0 Å². The molecule has 0 atom stereocenters. The van der Waals surface area contributed by atoms with E-state index >= 15 is 4.57 Å². The summed E-state index contributed by atoms with van der Waals surface area (Å²) in [4.78, 5) is 2.25. The maximum Gasteiger partial charge on any atom is 0.181 e. The monoisotopic (exact) mass is 715 g/mol. The number of nitrogens with zero attached hydrogens (tertiary/aromatic N) is 1. The highest BCUT2D eigenvalue weighted by Gasteiger charge is 2.52. The first-order valence-electron chi connectivity index (χ1n) is 18.0. The fourth-order valence-corrected chi connectivity index (χ4v) is 18.1. The first-order valence-corrected chi connectivity index (χ1v) is 21.7. The normalized spacial score (nSPS) is 14.5. The van der Waals surface area contributed by atoms with Crippen molar-refractivity contribution in [1.82, 2.24) is 0 Å². The third-order valence-corrected chi connectivity index (χ3v) is 19.3. The molecule has 0 radical (unpaired) electrons. The molecule has 2 aliphatic rings. The topological polar surface area (TPSA) is 29.5 Å². The molecule has 0 saturated carbocycles. The van der Waals surface area contributed by atoms with Crippen LogP contribution in [-0.4, -0.2) is 8.07 Å². The van der Waals surface area contributed by atoms with Gasteiger partial charge in [0, 0.05) is 21.6 Å². The van der Waals surface area contributed by atoms with Crippen LogP contribution in [0.15, 0.2) is 206 Å². The summed E-state index contributed by atoms with van der Waals surface area (Å²) in [5.41, 5.74) is 5.24. The second kappa shape index (κ2) is 12.5. The Morgan fingerprint density at radius 3 is 1.34 bits per heavy atom. The van der Waals surface area contributed by atoms with Gasteiger partial charge in [-0.05, 0) is 68.3 Å². The first-order chi connectivity index (χ1) is 26.2. The molecule has 53 heavy (non-hydrogen) atoms. The van der Waals surface area contributed by atoms with Gasteiger partial charge in [-0.15, -0.1) is 0 Å². The number of rotatable bonds is 5. The minimum absolute atomic E-state index is 0.832. The molecule has 0 bridgehead atoms. The Hall–Kier alpha value is -6.19. The van der Waals surface area contributed by atoms with Crippen LogP contribution in [0, 0.1) is 0 Å². The molecule has 2 heterocycles. The number of hydrogen-bond donors (Lipinski definition) is 0. The SMILES string of the molecule is O=P1(c2ccc(-c3ccc(N4c5ccccc5Oc5ccccc54)cc3)cc2)c2ccccc2[Si](c2ccccc2)(c2ccccc2)c2ccccc21. The van der Waals surface area contributed by atoms with Gasteiger partial charge in [-0.3, -0.25) is 0 Å². The summed E-state index contributed by atoms with van der Waals surface area (Å²) < 4.78 is 22.3. The van der Waals surface area contributed by atoms with E-state index in [4.69, 9.17) is 4.74 Å². The van der Waals surface area contributed by atoms with E-state index in [2.05, 4.69) is 175 Å². The summed E-state index contributed by atoms with van der Waals surface area (Å²) in [6.45, 7) is 0. The maximum atomic E-state index is 16.1. The zero-order valence-electron chi connectivity index (χ0n) is 28.8. The van der Waals surface area contributed by atoms with Gasteiger partial charge in [-0.25, -0.2) is 0 Å². The minimum Gasteiger partial charge on any atom is -0.453 e. The Balaban J connectivity index is 1.07. The molecule has 0 spiro atoms. The van der Waals surface area contributed by atoms with E-state index in [1.54, 1.807) is 0 Å². The second-order valence-electron chi connectivity index (χ2n) is 13.6. The largest absolute Gasteiger partial charge is 0.453 e. The Morgan fingerprint density at radius 2 is 0.830 bits per heavy atom. The molecule has 0 N–H and O–H groups in total. The number of para-hydroxylation sites is 4. The van der Waals surface area contributed by atoms with Crippen LogP contribution in [0.4, 0.5) is 17.1 Å². The van der Waals surface area contributed by atoms with Gasteiger partial charge >= 0.3 is 0 Å². The molecule has 3 nitrogen and oxygen atoms in total. The van der Waals surface area contributed by atoms with Crippen LogP contribution in [0.2, 0.25) is 0 Å². The van der Waals surface area contributed by atoms with Crippen molar-refractivity contribution in [3.63, 3.8) is 0 Å². The number of anilines is 3. The van der Waals surface area contributed by atoms with Crippen molar-refractivity contribution in [2.45, 2.75) is 0 Å². The molecule has 0 fully saturated rings. The number of fused-ring (bicyclic) bond motifs is 4. The second-order valence-corrected chi connectivity index (χ2v) is 20.0. The molecular formula is C48H34NO2PSi. The van der Waals surface area contributed by atoms with Gasteiger partial charge in [0.1, 0.15) is 0 Å². The Kier molecular flexibility index (Phi) is 7.43. The number of ether oxygens (including phenoxy) is 1. The van der Waals surface area contributed by atoms with Gasteiger partial charge in [-0.2, -0.15) is 0 Å². The number of hydrogen-bond acceptors (Lipinski definition) is 3. The Morgan fingerprint density at radius 1 is 0.415 bits per heavy atom. The first kappa shape index (κ1) is 31.5. The van der Waals surface area contributed by atoms with Crippen LogP contribution in [0.25, 0.3) is 11.1 Å². The molecule has 0 saturated heterocycles. The highest BCUT2D eigenvalue weighted by Crippen LogP contribution is 2.50. The molecule has 8 aromatic rings. The third-order valence-electron chi connectivity index (χ3n) is 10.8. The molecule has 0 aromatic heterocycles. The molecule has 2 aliphatic heterocycles. The van der Waals surface area contributed by atoms with Crippen molar-refractivity contribution in [2.75, 3.05) is 4.90 Å². The average molecular weight is 716 g/mol. The summed E-state index contributed by atoms with van der Waals surface area (Å²) in [6, 6.07) is 72.2. The predicted molar refractivity (Wildman–Crippen MR) is 223 cm³/mol. The fourth-order valence-electron chi connectivity index (χ4n) is 8.50. The highest BCUT2D eigenvalue weighted by molar-refractivity contribution is 7.87. The van der Waals surface area contributed by atoms with E-state index in [-0.39, 0.29) is 0 Å². The molecule has 8 aromatic carbocycles. The van der Waals surface area contributed by atoms with Crippen molar-refractivity contribution in [2.24, 2.45) is 0 Å². The average Bonchev–Trinajstić information content (AvgIpc) is 3.24. The quantitative estimate of drug-likeness (QED) is 0.133. The van der Waals surface area contributed by atoms with Gasteiger partial charge in [0.15, 0.2) is 26.7 Å². The minimum atomic E-state index is -3.25. The Labute approximate surface area is 310 Å². The zero-order chi connectivity index (χ0) is 35.4. The summed E-state index contributed by atoms with van der Waals surface area (Å²) in [5, 5.41) is 7.72. The van der Waals surface area contributed by atoms with Crippen LogP contribution in [-0.2, 0) is 4.57 Å². The summed E-state index contributed by atoms with van der Waals surface area (Å²) >= 11 is 0. The van der Waals surface area contributed by atoms with Crippen molar-refractivity contribution >= 4 is 68.9 Å². The summed E-state index contributed by atoms with van der Waals surface area (Å²) in [7, 11) is -6.06. The van der Waals surface area contributed by atoms with Crippen molar-refractivity contribution in [3.8, 4) is 22.6 Å². The third kappa shape index (κ3) is 4.77. The molecular weight excluding hydrogens is 682 g/mol.